The second-order valence-corrected chi connectivity index (χ2v) is 3.99. The van der Waals surface area contributed by atoms with Gasteiger partial charge in [-0.2, -0.15) is 0 Å². The Balaban J connectivity index is 2.73. The summed E-state index contributed by atoms with van der Waals surface area (Å²) in [5.74, 6) is -0.110. The summed E-state index contributed by atoms with van der Waals surface area (Å²) >= 11 is 0. The Morgan fingerprint density at radius 3 is 2.29 bits per heavy atom. The van der Waals surface area contributed by atoms with Gasteiger partial charge in [-0.1, -0.05) is 13.8 Å². The summed E-state index contributed by atoms with van der Waals surface area (Å²) in [6.07, 6.45) is -6.11. The molecule has 1 heterocycles. The molecule has 5 unspecified atom stereocenters. The van der Waals surface area contributed by atoms with E-state index >= 15 is 0 Å². The summed E-state index contributed by atoms with van der Waals surface area (Å²) in [5, 5.41) is 27.5. The molecule has 14 heavy (non-hydrogen) atoms. The summed E-state index contributed by atoms with van der Waals surface area (Å²) < 4.78 is 18.6. The lowest BCUT2D eigenvalue weighted by Crippen LogP contribution is -2.58. The third-order valence-corrected chi connectivity index (χ3v) is 2.54. The quantitative estimate of drug-likeness (QED) is 0.570. The van der Waals surface area contributed by atoms with E-state index in [4.69, 9.17) is 9.84 Å². The van der Waals surface area contributed by atoms with E-state index in [2.05, 4.69) is 0 Å². The minimum absolute atomic E-state index is 0.110. The van der Waals surface area contributed by atoms with E-state index in [0.717, 1.165) is 0 Å². The highest BCUT2D eigenvalue weighted by Crippen LogP contribution is 2.27. The Morgan fingerprint density at radius 1 is 1.29 bits per heavy atom. The molecule has 3 N–H and O–H groups in total. The fourth-order valence-corrected chi connectivity index (χ4v) is 1.64. The van der Waals surface area contributed by atoms with Crippen LogP contribution in [0, 0.1) is 5.92 Å². The van der Waals surface area contributed by atoms with Crippen molar-refractivity contribution < 1.29 is 24.4 Å². The summed E-state index contributed by atoms with van der Waals surface area (Å²) in [5.41, 5.74) is 0. The van der Waals surface area contributed by atoms with Gasteiger partial charge in [0.05, 0.1) is 12.7 Å². The van der Waals surface area contributed by atoms with Gasteiger partial charge in [-0.15, -0.1) is 0 Å². The number of alkyl halides is 1. The van der Waals surface area contributed by atoms with Gasteiger partial charge in [-0.05, 0) is 5.92 Å². The van der Waals surface area contributed by atoms with Gasteiger partial charge < -0.3 is 20.1 Å². The molecule has 4 nitrogen and oxygen atoms in total. The molecule has 0 aromatic rings. The van der Waals surface area contributed by atoms with Crippen LogP contribution in [0.5, 0.6) is 0 Å². The van der Waals surface area contributed by atoms with E-state index in [1.165, 1.54) is 0 Å². The lowest BCUT2D eigenvalue weighted by atomic mass is 9.90. The zero-order valence-electron chi connectivity index (χ0n) is 8.30. The fraction of sp³-hybridized carbons (Fsp3) is 1.00. The molecule has 1 aliphatic heterocycles. The average Bonchev–Trinajstić information content (AvgIpc) is 2.14. The molecule has 1 rings (SSSR count). The van der Waals surface area contributed by atoms with E-state index < -0.39 is 37.2 Å². The van der Waals surface area contributed by atoms with Crippen LogP contribution >= 0.6 is 0 Å². The van der Waals surface area contributed by atoms with Crippen LogP contribution in [0.2, 0.25) is 0 Å². The maximum atomic E-state index is 13.4. The Kier molecular flexibility index (Phi) is 3.83. The molecule has 0 bridgehead atoms. The summed E-state index contributed by atoms with van der Waals surface area (Å²) in [6, 6.07) is 0. The molecule has 5 atom stereocenters. The Labute approximate surface area is 82.3 Å². The first kappa shape index (κ1) is 11.8. The predicted molar refractivity (Wildman–Crippen MR) is 47.5 cm³/mol. The molecule has 84 valence electrons. The van der Waals surface area contributed by atoms with Crippen molar-refractivity contribution in [2.75, 3.05) is 6.61 Å². The van der Waals surface area contributed by atoms with E-state index in [1.807, 2.05) is 0 Å². The average molecular weight is 208 g/mol. The van der Waals surface area contributed by atoms with Crippen LogP contribution in [-0.2, 0) is 4.74 Å². The van der Waals surface area contributed by atoms with Crippen LogP contribution in [0.4, 0.5) is 4.39 Å². The van der Waals surface area contributed by atoms with Crippen LogP contribution in [0.1, 0.15) is 13.8 Å². The summed E-state index contributed by atoms with van der Waals surface area (Å²) in [7, 11) is 0. The number of hydrogen-bond acceptors (Lipinski definition) is 4. The van der Waals surface area contributed by atoms with Crippen molar-refractivity contribution in [3.05, 3.63) is 0 Å². The normalized spacial score (nSPS) is 44.4. The van der Waals surface area contributed by atoms with Gasteiger partial charge in [0.15, 0.2) is 6.17 Å². The van der Waals surface area contributed by atoms with Crippen molar-refractivity contribution in [2.45, 2.75) is 44.4 Å². The molecule has 0 spiro atoms. The van der Waals surface area contributed by atoms with Crippen LogP contribution < -0.4 is 0 Å². The van der Waals surface area contributed by atoms with Crippen molar-refractivity contribution in [2.24, 2.45) is 5.92 Å². The molecule has 0 aliphatic carbocycles. The molecule has 0 amide bonds. The lowest BCUT2D eigenvalue weighted by molar-refractivity contribution is -0.221. The van der Waals surface area contributed by atoms with E-state index in [0.29, 0.717) is 0 Å². The van der Waals surface area contributed by atoms with Gasteiger partial charge in [0.25, 0.3) is 0 Å². The molecule has 0 aromatic heterocycles. The molecule has 0 saturated carbocycles. The number of aliphatic hydroxyl groups excluding tert-OH is 3. The predicted octanol–water partition coefficient (Wildman–Crippen LogP) is -0.538. The molecular weight excluding hydrogens is 191 g/mol. The second-order valence-electron chi connectivity index (χ2n) is 3.99. The number of aliphatic hydroxyl groups is 3. The molecular formula is C9H17FO4. The van der Waals surface area contributed by atoms with Gasteiger partial charge in [-0.25, -0.2) is 4.39 Å². The highest BCUT2D eigenvalue weighted by Gasteiger charge is 2.45. The van der Waals surface area contributed by atoms with Crippen molar-refractivity contribution >= 4 is 0 Å². The minimum Gasteiger partial charge on any atom is -0.394 e. The van der Waals surface area contributed by atoms with Crippen LogP contribution in [0.15, 0.2) is 0 Å². The molecule has 1 aliphatic rings. The van der Waals surface area contributed by atoms with Crippen molar-refractivity contribution in [1.82, 2.24) is 0 Å². The topological polar surface area (TPSA) is 69.9 Å². The first-order valence-electron chi connectivity index (χ1n) is 4.75. The standard InChI is InChI=1S/C9H17FO4/c1-4(2)9-6(10)8(13)7(12)5(3-11)14-9/h4-9,11-13H,3H2,1-2H3. The zero-order valence-corrected chi connectivity index (χ0v) is 8.30. The van der Waals surface area contributed by atoms with Crippen LogP contribution in [-0.4, -0.2) is 52.5 Å². The van der Waals surface area contributed by atoms with Crippen molar-refractivity contribution in [1.29, 1.82) is 0 Å². The minimum atomic E-state index is -1.60. The van der Waals surface area contributed by atoms with Gasteiger partial charge in [-0.3, -0.25) is 0 Å². The first-order chi connectivity index (χ1) is 6.49. The lowest BCUT2D eigenvalue weighted by Gasteiger charge is -2.40. The number of rotatable bonds is 2. The highest BCUT2D eigenvalue weighted by molar-refractivity contribution is 4.93. The maximum absolute atomic E-state index is 13.4. The van der Waals surface area contributed by atoms with Crippen LogP contribution in [0.3, 0.4) is 0 Å². The van der Waals surface area contributed by atoms with Gasteiger partial charge in [0.2, 0.25) is 0 Å². The number of ether oxygens (including phenoxy) is 1. The number of hydrogen-bond donors (Lipinski definition) is 3. The Hall–Kier alpha value is -0.230. The van der Waals surface area contributed by atoms with Crippen LogP contribution in [0.25, 0.3) is 0 Å². The van der Waals surface area contributed by atoms with Gasteiger partial charge in [0.1, 0.15) is 18.3 Å². The highest BCUT2D eigenvalue weighted by atomic mass is 19.1. The summed E-state index contributed by atoms with van der Waals surface area (Å²) in [6.45, 7) is 3.10. The van der Waals surface area contributed by atoms with E-state index in [9.17, 15) is 14.6 Å². The molecule has 1 fully saturated rings. The maximum Gasteiger partial charge on any atom is 0.155 e. The first-order valence-corrected chi connectivity index (χ1v) is 4.75. The smallest absolute Gasteiger partial charge is 0.155 e. The van der Waals surface area contributed by atoms with Gasteiger partial charge >= 0.3 is 0 Å². The molecule has 0 aromatic carbocycles. The van der Waals surface area contributed by atoms with E-state index in [1.54, 1.807) is 13.8 Å². The third-order valence-electron chi connectivity index (χ3n) is 2.54. The molecule has 0 radical (unpaired) electrons. The number of halogens is 1. The zero-order chi connectivity index (χ0) is 10.9. The Morgan fingerprint density at radius 2 is 1.86 bits per heavy atom. The fourth-order valence-electron chi connectivity index (χ4n) is 1.64. The summed E-state index contributed by atoms with van der Waals surface area (Å²) in [4.78, 5) is 0. The second kappa shape index (κ2) is 4.53. The van der Waals surface area contributed by atoms with Crippen molar-refractivity contribution in [3.63, 3.8) is 0 Å². The molecule has 5 heteroatoms. The molecule has 1 saturated heterocycles. The van der Waals surface area contributed by atoms with Gasteiger partial charge in [0, 0.05) is 0 Å². The van der Waals surface area contributed by atoms with E-state index in [-0.39, 0.29) is 5.92 Å². The largest absolute Gasteiger partial charge is 0.394 e. The Bertz CT molecular complexity index is 186. The third kappa shape index (κ3) is 2.06. The SMILES string of the molecule is CC(C)C1OC(CO)C(O)C(O)C1F. The van der Waals surface area contributed by atoms with Crippen molar-refractivity contribution in [3.8, 4) is 0 Å². The monoisotopic (exact) mass is 208 g/mol.